The molecule has 1 N–H and O–H groups in total. The molecule has 0 unspecified atom stereocenters. The Hall–Kier alpha value is -2.60. The van der Waals surface area contributed by atoms with Gasteiger partial charge in [-0.25, -0.2) is 4.39 Å². The van der Waals surface area contributed by atoms with E-state index < -0.39 is 0 Å². The van der Waals surface area contributed by atoms with Crippen LogP contribution in [-0.2, 0) is 10.2 Å². The van der Waals surface area contributed by atoms with Gasteiger partial charge in [-0.2, -0.15) is 0 Å². The smallest absolute Gasteiger partial charge is 0.255 e. The second-order valence-corrected chi connectivity index (χ2v) is 6.63. The predicted octanol–water partition coefficient (Wildman–Crippen LogP) is 3.32. The van der Waals surface area contributed by atoms with Crippen molar-refractivity contribution in [2.45, 2.75) is 18.3 Å². The maximum absolute atomic E-state index is 13.8. The Bertz CT molecular complexity index is 803. The van der Waals surface area contributed by atoms with Crippen LogP contribution in [0.1, 0.15) is 28.8 Å². The number of benzene rings is 2. The molecule has 0 aromatic heterocycles. The summed E-state index contributed by atoms with van der Waals surface area (Å²) in [6.45, 7) is 1.54. The van der Waals surface area contributed by atoms with Gasteiger partial charge in [0.2, 0.25) is 0 Å². The minimum atomic E-state index is -0.359. The van der Waals surface area contributed by atoms with Crippen molar-refractivity contribution in [1.82, 2.24) is 5.32 Å². The molecular weight excluding hydrogens is 349 g/mol. The van der Waals surface area contributed by atoms with Crippen LogP contribution in [0, 0.1) is 5.82 Å². The second-order valence-electron chi connectivity index (χ2n) is 6.63. The molecule has 1 saturated heterocycles. The Labute approximate surface area is 158 Å². The normalized spacial score (nSPS) is 15.8. The summed E-state index contributed by atoms with van der Waals surface area (Å²) >= 11 is 0. The molecule has 0 bridgehead atoms. The van der Waals surface area contributed by atoms with Crippen LogP contribution in [0.25, 0.3) is 0 Å². The summed E-state index contributed by atoms with van der Waals surface area (Å²) in [5, 5.41) is 3.00. The lowest BCUT2D eigenvalue weighted by Crippen LogP contribution is -2.44. The number of para-hydroxylation sites is 1. The highest BCUT2D eigenvalue weighted by molar-refractivity contribution is 5.97. The van der Waals surface area contributed by atoms with Crippen molar-refractivity contribution in [3.05, 3.63) is 59.4 Å². The minimum Gasteiger partial charge on any atom is -0.493 e. The zero-order valence-electron chi connectivity index (χ0n) is 15.6. The van der Waals surface area contributed by atoms with Crippen LogP contribution >= 0.6 is 0 Å². The van der Waals surface area contributed by atoms with Gasteiger partial charge in [-0.15, -0.1) is 0 Å². The van der Waals surface area contributed by atoms with Gasteiger partial charge in [-0.1, -0.05) is 18.2 Å². The van der Waals surface area contributed by atoms with Gasteiger partial charge in [-0.3, -0.25) is 4.79 Å². The summed E-state index contributed by atoms with van der Waals surface area (Å²) in [5.41, 5.74) is 0.921. The molecule has 1 fully saturated rings. The van der Waals surface area contributed by atoms with Gasteiger partial charge in [0.1, 0.15) is 5.82 Å². The average Bonchev–Trinajstić information content (AvgIpc) is 2.72. The van der Waals surface area contributed by atoms with Gasteiger partial charge in [-0.05, 0) is 42.7 Å². The first-order valence-corrected chi connectivity index (χ1v) is 8.92. The van der Waals surface area contributed by atoms with Gasteiger partial charge < -0.3 is 19.5 Å². The third kappa shape index (κ3) is 4.06. The monoisotopic (exact) mass is 373 g/mol. The standard InChI is InChI=1S/C21H24FNO4/c1-25-18-8-4-7-17(19(18)26-2)20(24)23-14-21(9-11-27-12-10-21)15-5-3-6-16(22)13-15/h3-8,13H,9-12,14H2,1-2H3,(H,23,24). The van der Waals surface area contributed by atoms with Gasteiger partial charge in [0.25, 0.3) is 5.91 Å². The maximum atomic E-state index is 13.8. The Morgan fingerprint density at radius 2 is 1.89 bits per heavy atom. The first kappa shape index (κ1) is 19.2. The fraction of sp³-hybridized carbons (Fsp3) is 0.381. The molecule has 0 aliphatic carbocycles. The van der Waals surface area contributed by atoms with Crippen molar-refractivity contribution in [3.63, 3.8) is 0 Å². The van der Waals surface area contributed by atoms with E-state index in [1.165, 1.54) is 20.3 Å². The van der Waals surface area contributed by atoms with Crippen LogP contribution in [-0.4, -0.2) is 39.9 Å². The first-order chi connectivity index (χ1) is 13.1. The van der Waals surface area contributed by atoms with E-state index in [0.29, 0.717) is 49.7 Å². The van der Waals surface area contributed by atoms with Gasteiger partial charge in [0, 0.05) is 25.2 Å². The lowest BCUT2D eigenvalue weighted by molar-refractivity contribution is 0.0486. The van der Waals surface area contributed by atoms with Crippen LogP contribution in [0.15, 0.2) is 42.5 Å². The van der Waals surface area contributed by atoms with Crippen molar-refractivity contribution in [2.24, 2.45) is 0 Å². The van der Waals surface area contributed by atoms with E-state index in [1.807, 2.05) is 6.07 Å². The number of rotatable bonds is 6. The Morgan fingerprint density at radius 3 is 2.56 bits per heavy atom. The molecule has 1 aliphatic heterocycles. The van der Waals surface area contributed by atoms with Crippen LogP contribution in [0.2, 0.25) is 0 Å². The van der Waals surface area contributed by atoms with Crippen molar-refractivity contribution in [1.29, 1.82) is 0 Å². The zero-order valence-corrected chi connectivity index (χ0v) is 15.6. The Balaban J connectivity index is 1.83. The SMILES string of the molecule is COc1cccc(C(=O)NCC2(c3cccc(F)c3)CCOCC2)c1OC. The molecule has 1 amide bonds. The molecule has 0 radical (unpaired) electrons. The summed E-state index contributed by atoms with van der Waals surface area (Å²) in [6.07, 6.45) is 1.43. The molecule has 5 nitrogen and oxygen atoms in total. The third-order valence-corrected chi connectivity index (χ3v) is 5.12. The predicted molar refractivity (Wildman–Crippen MR) is 100 cm³/mol. The van der Waals surface area contributed by atoms with Crippen molar-refractivity contribution >= 4 is 5.91 Å². The number of carbonyl (C=O) groups excluding carboxylic acids is 1. The van der Waals surface area contributed by atoms with Crippen molar-refractivity contribution in [2.75, 3.05) is 34.0 Å². The summed E-state index contributed by atoms with van der Waals surface area (Å²) in [6, 6.07) is 11.8. The molecule has 2 aromatic carbocycles. The molecule has 1 heterocycles. The topological polar surface area (TPSA) is 56.8 Å². The molecule has 3 rings (SSSR count). The third-order valence-electron chi connectivity index (χ3n) is 5.12. The fourth-order valence-corrected chi connectivity index (χ4v) is 3.56. The number of hydrogen-bond donors (Lipinski definition) is 1. The van der Waals surface area contributed by atoms with Gasteiger partial charge in [0.15, 0.2) is 11.5 Å². The summed E-state index contributed by atoms with van der Waals surface area (Å²) in [5.74, 6) is 0.354. The molecule has 0 spiro atoms. The number of hydrogen-bond acceptors (Lipinski definition) is 4. The Morgan fingerprint density at radius 1 is 1.15 bits per heavy atom. The van der Waals surface area contributed by atoms with Crippen LogP contribution < -0.4 is 14.8 Å². The number of nitrogens with one attached hydrogen (secondary N) is 1. The quantitative estimate of drug-likeness (QED) is 0.844. The fourth-order valence-electron chi connectivity index (χ4n) is 3.56. The first-order valence-electron chi connectivity index (χ1n) is 8.92. The highest BCUT2D eigenvalue weighted by atomic mass is 19.1. The van der Waals surface area contributed by atoms with E-state index in [2.05, 4.69) is 5.32 Å². The molecule has 6 heteroatoms. The van der Waals surface area contributed by atoms with E-state index in [9.17, 15) is 9.18 Å². The van der Waals surface area contributed by atoms with Gasteiger partial charge in [0.05, 0.1) is 19.8 Å². The van der Waals surface area contributed by atoms with Crippen LogP contribution in [0.4, 0.5) is 4.39 Å². The number of halogens is 1. The molecular formula is C21H24FNO4. The lowest BCUT2D eigenvalue weighted by Gasteiger charge is -2.38. The average molecular weight is 373 g/mol. The van der Waals surface area contributed by atoms with Crippen molar-refractivity contribution in [3.8, 4) is 11.5 Å². The summed E-state index contributed by atoms with van der Waals surface area (Å²) < 4.78 is 29.9. The largest absolute Gasteiger partial charge is 0.493 e. The highest BCUT2D eigenvalue weighted by Gasteiger charge is 2.35. The maximum Gasteiger partial charge on any atom is 0.255 e. The lowest BCUT2D eigenvalue weighted by atomic mass is 9.74. The molecule has 0 saturated carbocycles. The minimum absolute atomic E-state index is 0.256. The van der Waals surface area contributed by atoms with Crippen molar-refractivity contribution < 1.29 is 23.4 Å². The number of carbonyl (C=O) groups is 1. The number of methoxy groups -OCH3 is 2. The molecule has 27 heavy (non-hydrogen) atoms. The van der Waals surface area contributed by atoms with E-state index in [4.69, 9.17) is 14.2 Å². The summed E-state index contributed by atoms with van der Waals surface area (Å²) in [4.78, 5) is 12.8. The van der Waals surface area contributed by atoms with E-state index in [1.54, 1.807) is 30.3 Å². The van der Waals surface area contributed by atoms with E-state index >= 15 is 0 Å². The highest BCUT2D eigenvalue weighted by Crippen LogP contribution is 2.35. The molecule has 0 atom stereocenters. The van der Waals surface area contributed by atoms with Gasteiger partial charge >= 0.3 is 0 Å². The van der Waals surface area contributed by atoms with Crippen LogP contribution in [0.3, 0.4) is 0 Å². The second kappa shape index (κ2) is 8.39. The summed E-state index contributed by atoms with van der Waals surface area (Å²) in [7, 11) is 3.03. The number of amides is 1. The van der Waals surface area contributed by atoms with Crippen LogP contribution in [0.5, 0.6) is 11.5 Å². The molecule has 1 aliphatic rings. The number of ether oxygens (including phenoxy) is 3. The van der Waals surface area contributed by atoms with E-state index in [-0.39, 0.29) is 17.1 Å². The van der Waals surface area contributed by atoms with E-state index in [0.717, 1.165) is 5.56 Å². The molecule has 144 valence electrons. The Kier molecular flexibility index (Phi) is 5.96. The zero-order chi connectivity index (χ0) is 19.3. The molecule has 2 aromatic rings.